The van der Waals surface area contributed by atoms with Crippen LogP contribution in [-0.2, 0) is 10.0 Å². The van der Waals surface area contributed by atoms with Crippen molar-refractivity contribution >= 4 is 10.0 Å². The Hall–Kier alpha value is -1.21. The highest BCUT2D eigenvalue weighted by molar-refractivity contribution is 7.89. The Kier molecular flexibility index (Phi) is 2.72. The first-order valence-corrected chi connectivity index (χ1v) is 5.48. The molecule has 6 nitrogen and oxygen atoms in total. The molecule has 0 atom stereocenters. The number of rotatable bonds is 2. The second-order valence-electron chi connectivity index (χ2n) is 3.12. The largest absolute Gasteiger partial charge is 0.347 e. The molecule has 1 rings (SSSR count). The molecular weight excluding hydrogens is 206 g/mol. The average Bonchev–Trinajstić information content (AvgIpc) is 2.02. The lowest BCUT2D eigenvalue weighted by atomic mass is 10.4. The van der Waals surface area contributed by atoms with Crippen LogP contribution >= 0.6 is 0 Å². The van der Waals surface area contributed by atoms with E-state index in [1.165, 1.54) is 10.8 Å². The van der Waals surface area contributed by atoms with E-state index in [2.05, 4.69) is 4.98 Å². The summed E-state index contributed by atoms with van der Waals surface area (Å²) in [7, 11) is -3.80. The molecule has 14 heavy (non-hydrogen) atoms. The lowest BCUT2D eigenvalue weighted by Crippen LogP contribution is -2.26. The summed E-state index contributed by atoms with van der Waals surface area (Å²) in [5, 5.41) is 4.89. The van der Waals surface area contributed by atoms with Gasteiger partial charge in [-0.25, -0.2) is 23.3 Å². The minimum atomic E-state index is -3.80. The van der Waals surface area contributed by atoms with E-state index in [9.17, 15) is 13.2 Å². The standard InChI is InChI=1S/C7H11N3O3S/c1-5(2)10-4-6(14(8,12)13)3-9-7(10)11/h3-5H,1-2H3,(H2,8,12,13). The highest BCUT2D eigenvalue weighted by Crippen LogP contribution is 2.05. The van der Waals surface area contributed by atoms with E-state index in [4.69, 9.17) is 5.14 Å². The molecule has 2 N–H and O–H groups in total. The van der Waals surface area contributed by atoms with Crippen LogP contribution in [0, 0.1) is 0 Å². The van der Waals surface area contributed by atoms with Crippen LogP contribution in [0.3, 0.4) is 0 Å². The van der Waals surface area contributed by atoms with Gasteiger partial charge in [0.05, 0.1) is 6.20 Å². The normalized spacial score (nSPS) is 12.0. The SMILES string of the molecule is CC(C)n1cc(S(N)(=O)=O)cnc1=O. The fraction of sp³-hybridized carbons (Fsp3) is 0.429. The molecule has 0 aliphatic rings. The summed E-state index contributed by atoms with van der Waals surface area (Å²) in [5.74, 6) is 0. The van der Waals surface area contributed by atoms with Gasteiger partial charge in [0.25, 0.3) is 0 Å². The smallest absolute Gasteiger partial charge is 0.295 e. The van der Waals surface area contributed by atoms with E-state index in [0.717, 1.165) is 6.20 Å². The van der Waals surface area contributed by atoms with Crippen molar-refractivity contribution in [2.24, 2.45) is 5.14 Å². The molecule has 0 unspecified atom stereocenters. The van der Waals surface area contributed by atoms with Crippen LogP contribution in [0.15, 0.2) is 22.1 Å². The highest BCUT2D eigenvalue weighted by Gasteiger charge is 2.11. The Labute approximate surface area is 81.4 Å². The van der Waals surface area contributed by atoms with Crippen molar-refractivity contribution in [3.63, 3.8) is 0 Å². The second-order valence-corrected chi connectivity index (χ2v) is 4.68. The first kappa shape index (κ1) is 10.9. The Morgan fingerprint density at radius 1 is 1.50 bits per heavy atom. The van der Waals surface area contributed by atoms with Gasteiger partial charge in [-0.2, -0.15) is 0 Å². The highest BCUT2D eigenvalue weighted by atomic mass is 32.2. The molecule has 0 amide bonds. The van der Waals surface area contributed by atoms with Gasteiger partial charge in [-0.1, -0.05) is 0 Å². The zero-order valence-electron chi connectivity index (χ0n) is 7.84. The summed E-state index contributed by atoms with van der Waals surface area (Å²) in [5.41, 5.74) is -0.493. The van der Waals surface area contributed by atoms with Crippen molar-refractivity contribution < 1.29 is 8.42 Å². The summed E-state index contributed by atoms with van der Waals surface area (Å²) in [4.78, 5) is 14.4. The summed E-state index contributed by atoms with van der Waals surface area (Å²) in [6.07, 6.45) is 2.14. The minimum absolute atomic E-state index is 0.156. The van der Waals surface area contributed by atoms with Crippen LogP contribution in [0.5, 0.6) is 0 Å². The molecule has 0 aliphatic heterocycles. The average molecular weight is 217 g/mol. The fourth-order valence-electron chi connectivity index (χ4n) is 0.928. The zero-order valence-corrected chi connectivity index (χ0v) is 8.65. The number of nitrogens with zero attached hydrogens (tertiary/aromatic N) is 2. The van der Waals surface area contributed by atoms with Crippen molar-refractivity contribution in [1.82, 2.24) is 9.55 Å². The molecule has 0 saturated heterocycles. The van der Waals surface area contributed by atoms with Gasteiger partial charge in [-0.05, 0) is 13.8 Å². The third-order valence-corrected chi connectivity index (χ3v) is 2.54. The van der Waals surface area contributed by atoms with Gasteiger partial charge in [-0.3, -0.25) is 4.57 Å². The van der Waals surface area contributed by atoms with Gasteiger partial charge < -0.3 is 0 Å². The lowest BCUT2D eigenvalue weighted by molar-refractivity contribution is 0.549. The van der Waals surface area contributed by atoms with Crippen LogP contribution < -0.4 is 10.8 Å². The molecule has 0 fully saturated rings. The van der Waals surface area contributed by atoms with Crippen LogP contribution in [0.4, 0.5) is 0 Å². The monoisotopic (exact) mass is 217 g/mol. The number of nitrogens with two attached hydrogens (primary N) is 1. The van der Waals surface area contributed by atoms with E-state index in [0.29, 0.717) is 0 Å². The first-order chi connectivity index (χ1) is 6.32. The summed E-state index contributed by atoms with van der Waals surface area (Å²) in [6.45, 7) is 3.49. The molecule has 0 saturated carbocycles. The molecule has 1 aromatic rings. The molecule has 78 valence electrons. The summed E-state index contributed by atoms with van der Waals surface area (Å²) < 4.78 is 23.1. The maximum atomic E-state index is 11.2. The molecule has 1 aromatic heterocycles. The molecule has 0 radical (unpaired) electrons. The van der Waals surface area contributed by atoms with Crippen molar-refractivity contribution in [1.29, 1.82) is 0 Å². The quantitative estimate of drug-likeness (QED) is 0.720. The van der Waals surface area contributed by atoms with Gasteiger partial charge in [0.1, 0.15) is 4.90 Å². The van der Waals surface area contributed by atoms with Crippen molar-refractivity contribution in [2.45, 2.75) is 24.8 Å². The third-order valence-electron chi connectivity index (χ3n) is 1.67. The number of sulfonamides is 1. The predicted octanol–water partition coefficient (Wildman–Crippen LogP) is -0.528. The molecule has 7 heteroatoms. The number of hydrogen-bond acceptors (Lipinski definition) is 4. The van der Waals surface area contributed by atoms with Gasteiger partial charge in [0.2, 0.25) is 10.0 Å². The van der Waals surface area contributed by atoms with Crippen molar-refractivity contribution in [3.05, 3.63) is 22.9 Å². The molecule has 1 heterocycles. The van der Waals surface area contributed by atoms with Crippen molar-refractivity contribution in [2.75, 3.05) is 0 Å². The Balaban J connectivity index is 3.42. The molecule has 0 aliphatic carbocycles. The number of hydrogen-bond donors (Lipinski definition) is 1. The minimum Gasteiger partial charge on any atom is -0.295 e. The fourth-order valence-corrected chi connectivity index (χ4v) is 1.39. The van der Waals surface area contributed by atoms with Gasteiger partial charge >= 0.3 is 5.69 Å². The van der Waals surface area contributed by atoms with E-state index < -0.39 is 15.7 Å². The maximum Gasteiger partial charge on any atom is 0.347 e. The number of aromatic nitrogens is 2. The number of primary sulfonamides is 1. The molecular formula is C7H11N3O3S. The zero-order chi connectivity index (χ0) is 10.9. The lowest BCUT2D eigenvalue weighted by Gasteiger charge is -2.09. The van der Waals surface area contributed by atoms with Crippen LogP contribution in [0.25, 0.3) is 0 Å². The molecule has 0 spiro atoms. The van der Waals surface area contributed by atoms with Crippen LogP contribution in [0.1, 0.15) is 19.9 Å². The van der Waals surface area contributed by atoms with E-state index in [1.807, 2.05) is 0 Å². The van der Waals surface area contributed by atoms with Crippen LogP contribution in [0.2, 0.25) is 0 Å². The van der Waals surface area contributed by atoms with Gasteiger partial charge in [0, 0.05) is 12.2 Å². The summed E-state index contributed by atoms with van der Waals surface area (Å²) >= 11 is 0. The van der Waals surface area contributed by atoms with E-state index >= 15 is 0 Å². The van der Waals surface area contributed by atoms with E-state index in [1.54, 1.807) is 13.8 Å². The first-order valence-electron chi connectivity index (χ1n) is 3.93. The summed E-state index contributed by atoms with van der Waals surface area (Å²) in [6, 6.07) is -0.156. The van der Waals surface area contributed by atoms with Crippen molar-refractivity contribution in [3.8, 4) is 0 Å². The maximum absolute atomic E-state index is 11.2. The second kappa shape index (κ2) is 3.50. The Morgan fingerprint density at radius 3 is 2.50 bits per heavy atom. The van der Waals surface area contributed by atoms with Gasteiger partial charge in [0.15, 0.2) is 0 Å². The van der Waals surface area contributed by atoms with Gasteiger partial charge in [-0.15, -0.1) is 0 Å². The predicted molar refractivity (Wildman–Crippen MR) is 50.3 cm³/mol. The van der Waals surface area contributed by atoms with E-state index in [-0.39, 0.29) is 10.9 Å². The molecule has 0 aromatic carbocycles. The third kappa shape index (κ3) is 2.18. The van der Waals surface area contributed by atoms with Crippen LogP contribution in [-0.4, -0.2) is 18.0 Å². The molecule has 0 bridgehead atoms. The topological polar surface area (TPSA) is 95.1 Å². The Morgan fingerprint density at radius 2 is 2.07 bits per heavy atom. The Bertz CT molecular complexity index is 489.